The number of methoxy groups -OCH3 is 1. The van der Waals surface area contributed by atoms with Crippen molar-refractivity contribution in [3.63, 3.8) is 0 Å². The minimum Gasteiger partial charge on any atom is -0.493 e. The maximum absolute atomic E-state index is 12.3. The number of rotatable bonds is 6. The first-order valence-corrected chi connectivity index (χ1v) is 10.3. The van der Waals surface area contributed by atoms with Gasteiger partial charge in [-0.1, -0.05) is 37.9 Å². The molecule has 3 rings (SSSR count). The van der Waals surface area contributed by atoms with Gasteiger partial charge in [0, 0.05) is 14.5 Å². The molecule has 0 spiro atoms. The lowest BCUT2D eigenvalue weighted by molar-refractivity contribution is 0.0729. The maximum atomic E-state index is 12.3. The van der Waals surface area contributed by atoms with E-state index in [0.717, 1.165) is 8.95 Å². The van der Waals surface area contributed by atoms with E-state index in [0.29, 0.717) is 22.4 Å². The normalized spacial score (nSPS) is 10.6. The van der Waals surface area contributed by atoms with Crippen molar-refractivity contribution in [3.05, 3.63) is 92.4 Å². The summed E-state index contributed by atoms with van der Waals surface area (Å²) in [7, 11) is 1.47. The second-order valence-electron chi connectivity index (χ2n) is 6.02. The molecule has 3 aromatic carbocycles. The van der Waals surface area contributed by atoms with Crippen LogP contribution in [0, 0.1) is 0 Å². The minimum absolute atomic E-state index is 0.276. The fourth-order valence-electron chi connectivity index (χ4n) is 2.45. The van der Waals surface area contributed by atoms with Gasteiger partial charge in [-0.15, -0.1) is 0 Å². The van der Waals surface area contributed by atoms with Crippen molar-refractivity contribution < 1.29 is 19.1 Å². The van der Waals surface area contributed by atoms with E-state index in [1.165, 1.54) is 13.3 Å². The summed E-state index contributed by atoms with van der Waals surface area (Å²) in [5.41, 5.74) is 4.02. The molecule has 0 bridgehead atoms. The van der Waals surface area contributed by atoms with Gasteiger partial charge >= 0.3 is 5.97 Å². The molecule has 0 aliphatic carbocycles. The van der Waals surface area contributed by atoms with Gasteiger partial charge in [0.2, 0.25) is 0 Å². The first kappa shape index (κ1) is 21.7. The molecule has 3 aromatic rings. The Morgan fingerprint density at radius 3 is 2.37 bits per heavy atom. The fourth-order valence-corrected chi connectivity index (χ4v) is 3.12. The summed E-state index contributed by atoms with van der Waals surface area (Å²) >= 11 is 6.65. The second-order valence-corrected chi connectivity index (χ2v) is 7.85. The van der Waals surface area contributed by atoms with Gasteiger partial charge in [0.05, 0.1) is 18.9 Å². The van der Waals surface area contributed by atoms with Crippen molar-refractivity contribution in [1.82, 2.24) is 5.43 Å². The number of nitrogens with zero attached hydrogens (tertiary/aromatic N) is 1. The lowest BCUT2D eigenvalue weighted by atomic mass is 10.2. The van der Waals surface area contributed by atoms with Gasteiger partial charge in [-0.3, -0.25) is 4.79 Å². The van der Waals surface area contributed by atoms with Crippen LogP contribution in [0.1, 0.15) is 26.3 Å². The highest BCUT2D eigenvalue weighted by Gasteiger charge is 2.13. The Balaban J connectivity index is 1.67. The van der Waals surface area contributed by atoms with E-state index in [4.69, 9.17) is 9.47 Å². The molecule has 0 aliphatic rings. The highest BCUT2D eigenvalue weighted by molar-refractivity contribution is 9.10. The zero-order valence-electron chi connectivity index (χ0n) is 15.8. The largest absolute Gasteiger partial charge is 0.493 e. The average molecular weight is 532 g/mol. The van der Waals surface area contributed by atoms with Crippen molar-refractivity contribution in [2.45, 2.75) is 0 Å². The van der Waals surface area contributed by atoms with Crippen LogP contribution in [0.4, 0.5) is 0 Å². The molecule has 0 unspecified atom stereocenters. The fraction of sp³-hybridized carbons (Fsp3) is 0.0455. The number of hydrazone groups is 1. The Morgan fingerprint density at radius 1 is 0.900 bits per heavy atom. The average Bonchev–Trinajstić information content (AvgIpc) is 2.75. The number of hydrogen-bond donors (Lipinski definition) is 1. The molecule has 1 N–H and O–H groups in total. The second kappa shape index (κ2) is 10.2. The van der Waals surface area contributed by atoms with Crippen LogP contribution >= 0.6 is 31.9 Å². The lowest BCUT2D eigenvalue weighted by Gasteiger charge is -2.10. The van der Waals surface area contributed by atoms with E-state index >= 15 is 0 Å². The molecule has 8 heteroatoms. The van der Waals surface area contributed by atoms with Crippen molar-refractivity contribution in [2.24, 2.45) is 5.10 Å². The van der Waals surface area contributed by atoms with Crippen LogP contribution in [0.15, 0.2) is 80.8 Å². The quantitative estimate of drug-likeness (QED) is 0.205. The van der Waals surface area contributed by atoms with Crippen LogP contribution in [-0.2, 0) is 0 Å². The highest BCUT2D eigenvalue weighted by atomic mass is 79.9. The molecule has 0 radical (unpaired) electrons. The third kappa shape index (κ3) is 5.77. The Morgan fingerprint density at radius 2 is 1.67 bits per heavy atom. The lowest BCUT2D eigenvalue weighted by Crippen LogP contribution is -2.17. The molecule has 0 fully saturated rings. The molecule has 0 saturated heterocycles. The Kier molecular flexibility index (Phi) is 7.37. The minimum atomic E-state index is -0.502. The summed E-state index contributed by atoms with van der Waals surface area (Å²) in [5.74, 6) is -0.192. The number of nitrogens with one attached hydrogen (secondary N) is 1. The summed E-state index contributed by atoms with van der Waals surface area (Å²) in [4.78, 5) is 24.4. The monoisotopic (exact) mass is 530 g/mol. The zero-order chi connectivity index (χ0) is 21.5. The first-order chi connectivity index (χ1) is 14.5. The summed E-state index contributed by atoms with van der Waals surface area (Å²) in [6.45, 7) is 0. The third-order valence-corrected chi connectivity index (χ3v) is 4.96. The number of halogens is 2. The topological polar surface area (TPSA) is 77.0 Å². The van der Waals surface area contributed by atoms with E-state index in [2.05, 4.69) is 42.4 Å². The van der Waals surface area contributed by atoms with Crippen molar-refractivity contribution in [2.75, 3.05) is 7.11 Å². The smallest absolute Gasteiger partial charge is 0.343 e. The van der Waals surface area contributed by atoms with Gasteiger partial charge in [-0.2, -0.15) is 5.10 Å². The Bertz CT molecular complexity index is 1100. The molecule has 0 aromatic heterocycles. The van der Waals surface area contributed by atoms with Crippen LogP contribution in [0.3, 0.4) is 0 Å². The molecule has 1 amide bonds. The van der Waals surface area contributed by atoms with Gasteiger partial charge in [0.25, 0.3) is 5.91 Å². The summed E-state index contributed by atoms with van der Waals surface area (Å²) < 4.78 is 12.4. The van der Waals surface area contributed by atoms with Gasteiger partial charge in [0.1, 0.15) is 0 Å². The standard InChI is InChI=1S/C22H16Br2N2O4/c1-29-20-11-14(13-25-26-21(27)15-6-8-17(23)9-7-15)5-10-19(20)30-22(28)16-3-2-4-18(24)12-16/h2-13H,1H3,(H,26,27). The molecule has 0 saturated carbocycles. The van der Waals surface area contributed by atoms with Crippen molar-refractivity contribution >= 4 is 50.0 Å². The Hall–Kier alpha value is -2.97. The number of carbonyl (C=O) groups is 2. The third-order valence-electron chi connectivity index (χ3n) is 3.94. The van der Waals surface area contributed by atoms with Crippen molar-refractivity contribution in [3.8, 4) is 11.5 Å². The van der Waals surface area contributed by atoms with Gasteiger partial charge in [-0.05, 0) is 66.2 Å². The van der Waals surface area contributed by atoms with Gasteiger partial charge < -0.3 is 9.47 Å². The summed E-state index contributed by atoms with van der Waals surface area (Å²) in [6, 6.07) is 18.8. The van der Waals surface area contributed by atoms with E-state index < -0.39 is 5.97 Å². The summed E-state index contributed by atoms with van der Waals surface area (Å²) in [6.07, 6.45) is 1.47. The SMILES string of the molecule is COc1cc(C=NNC(=O)c2ccc(Br)cc2)ccc1OC(=O)c1cccc(Br)c1. The number of amides is 1. The van der Waals surface area contributed by atoms with E-state index in [1.54, 1.807) is 60.7 Å². The highest BCUT2D eigenvalue weighted by Crippen LogP contribution is 2.28. The zero-order valence-corrected chi connectivity index (χ0v) is 18.9. The number of carbonyl (C=O) groups excluding carboxylic acids is 2. The van der Waals surface area contributed by atoms with Crippen LogP contribution in [0.2, 0.25) is 0 Å². The van der Waals surface area contributed by atoms with Crippen molar-refractivity contribution in [1.29, 1.82) is 0 Å². The molecule has 152 valence electrons. The maximum Gasteiger partial charge on any atom is 0.343 e. The predicted molar refractivity (Wildman–Crippen MR) is 121 cm³/mol. The predicted octanol–water partition coefficient (Wildman–Crippen LogP) is 5.20. The molecule has 0 heterocycles. The van der Waals surface area contributed by atoms with E-state index in [9.17, 15) is 9.59 Å². The molecular formula is C22H16Br2N2O4. The van der Waals surface area contributed by atoms with E-state index in [-0.39, 0.29) is 11.7 Å². The van der Waals surface area contributed by atoms with Crippen LogP contribution in [-0.4, -0.2) is 25.2 Å². The summed E-state index contributed by atoms with van der Waals surface area (Å²) in [5, 5.41) is 3.96. The number of ether oxygens (including phenoxy) is 2. The molecule has 0 aliphatic heterocycles. The van der Waals surface area contributed by atoms with Crippen LogP contribution in [0.5, 0.6) is 11.5 Å². The Labute approximate surface area is 190 Å². The van der Waals surface area contributed by atoms with E-state index in [1.807, 2.05) is 6.07 Å². The number of hydrogen-bond acceptors (Lipinski definition) is 5. The molecule has 30 heavy (non-hydrogen) atoms. The van der Waals surface area contributed by atoms with Crippen LogP contribution in [0.25, 0.3) is 0 Å². The number of esters is 1. The first-order valence-electron chi connectivity index (χ1n) is 8.71. The van der Waals surface area contributed by atoms with Gasteiger partial charge in [-0.25, -0.2) is 10.2 Å². The molecule has 0 atom stereocenters. The molecule has 6 nitrogen and oxygen atoms in total. The van der Waals surface area contributed by atoms with Gasteiger partial charge in [0.15, 0.2) is 11.5 Å². The molecular weight excluding hydrogens is 516 g/mol. The van der Waals surface area contributed by atoms with Crippen LogP contribution < -0.4 is 14.9 Å². The number of benzene rings is 3.